The summed E-state index contributed by atoms with van der Waals surface area (Å²) in [4.78, 5) is 0. The molecule has 0 aliphatic rings. The molecule has 3 N–H and O–H groups in total. The first-order chi connectivity index (χ1) is 9.81. The van der Waals surface area contributed by atoms with Crippen LogP contribution in [-0.2, 0) is 6.18 Å². The van der Waals surface area contributed by atoms with E-state index in [9.17, 15) is 13.2 Å². The fraction of sp³-hybridized carbons (Fsp3) is 0.0714. The molecule has 2 aromatic rings. The number of nitrogens with one attached hydrogen (secondary N) is 1. The zero-order chi connectivity index (χ0) is 15.6. The van der Waals surface area contributed by atoms with Gasteiger partial charge in [-0.2, -0.15) is 18.4 Å². The molecule has 21 heavy (non-hydrogen) atoms. The summed E-state index contributed by atoms with van der Waals surface area (Å²) in [5, 5.41) is 12.0. The number of nitrogens with zero attached hydrogens (tertiary/aromatic N) is 1. The van der Waals surface area contributed by atoms with E-state index >= 15 is 0 Å². The second-order valence-corrected chi connectivity index (χ2v) is 5.40. The number of alkyl halides is 3. The molecular formula is C14H9F3IN3. The molecule has 0 fully saturated rings. The third kappa shape index (κ3) is 3.58. The van der Waals surface area contributed by atoms with E-state index in [-0.39, 0.29) is 5.56 Å². The first kappa shape index (κ1) is 15.4. The van der Waals surface area contributed by atoms with E-state index in [1.807, 2.05) is 0 Å². The monoisotopic (exact) mass is 403 g/mol. The summed E-state index contributed by atoms with van der Waals surface area (Å²) in [6.07, 6.45) is -4.47. The van der Waals surface area contributed by atoms with Crippen molar-refractivity contribution in [2.45, 2.75) is 6.18 Å². The van der Waals surface area contributed by atoms with Crippen LogP contribution < -0.4 is 11.1 Å². The number of benzene rings is 2. The quantitative estimate of drug-likeness (QED) is 0.573. The highest BCUT2D eigenvalue weighted by Gasteiger charge is 2.31. The highest BCUT2D eigenvalue weighted by atomic mass is 127. The van der Waals surface area contributed by atoms with Gasteiger partial charge < -0.3 is 11.1 Å². The summed E-state index contributed by atoms with van der Waals surface area (Å²) in [5.41, 5.74) is 6.27. The van der Waals surface area contributed by atoms with Gasteiger partial charge in [0.15, 0.2) is 0 Å². The zero-order valence-corrected chi connectivity index (χ0v) is 12.7. The Morgan fingerprint density at radius 2 is 1.76 bits per heavy atom. The highest BCUT2D eigenvalue weighted by Crippen LogP contribution is 2.33. The third-order valence-electron chi connectivity index (χ3n) is 2.73. The standard InChI is InChI=1S/C14H9F3IN3/c15-14(16,17)9-1-3-12(8(5-9)7-19)21-13-4-2-10(20)6-11(13)18/h1-6,21H,20H2. The fourth-order valence-corrected chi connectivity index (χ4v) is 2.37. The predicted molar refractivity (Wildman–Crippen MR) is 83.0 cm³/mol. The summed E-state index contributed by atoms with van der Waals surface area (Å²) >= 11 is 2.05. The number of nitrogen functional groups attached to an aromatic ring is 1. The van der Waals surface area contributed by atoms with Crippen LogP contribution in [0.25, 0.3) is 0 Å². The van der Waals surface area contributed by atoms with Crippen molar-refractivity contribution in [2.24, 2.45) is 0 Å². The molecule has 0 unspecified atom stereocenters. The molecule has 0 spiro atoms. The van der Waals surface area contributed by atoms with Crippen molar-refractivity contribution < 1.29 is 13.2 Å². The van der Waals surface area contributed by atoms with Crippen LogP contribution in [0.4, 0.5) is 30.2 Å². The van der Waals surface area contributed by atoms with Crippen LogP contribution in [0.15, 0.2) is 36.4 Å². The molecular weight excluding hydrogens is 394 g/mol. The Labute approximate surface area is 132 Å². The van der Waals surface area contributed by atoms with Crippen LogP contribution in [0.3, 0.4) is 0 Å². The van der Waals surface area contributed by atoms with E-state index in [0.29, 0.717) is 17.1 Å². The number of nitrogens with two attached hydrogens (primary N) is 1. The summed E-state index contributed by atoms with van der Waals surface area (Å²) in [6.45, 7) is 0. The lowest BCUT2D eigenvalue weighted by molar-refractivity contribution is -0.137. The van der Waals surface area contributed by atoms with Crippen molar-refractivity contribution in [3.05, 3.63) is 51.1 Å². The topological polar surface area (TPSA) is 61.8 Å². The average molecular weight is 403 g/mol. The Morgan fingerprint density at radius 3 is 2.33 bits per heavy atom. The molecule has 2 rings (SSSR count). The molecule has 0 bridgehead atoms. The Morgan fingerprint density at radius 1 is 1.10 bits per heavy atom. The third-order valence-corrected chi connectivity index (χ3v) is 3.62. The SMILES string of the molecule is N#Cc1cc(C(F)(F)F)ccc1Nc1ccc(N)cc1I. The van der Waals surface area contributed by atoms with E-state index in [0.717, 1.165) is 15.7 Å². The number of hydrogen-bond acceptors (Lipinski definition) is 3. The second-order valence-electron chi connectivity index (χ2n) is 4.23. The molecule has 7 heteroatoms. The zero-order valence-electron chi connectivity index (χ0n) is 10.5. The van der Waals surface area contributed by atoms with Gasteiger partial charge >= 0.3 is 6.18 Å². The summed E-state index contributed by atoms with van der Waals surface area (Å²) in [7, 11) is 0. The van der Waals surface area contributed by atoms with E-state index in [1.54, 1.807) is 24.3 Å². The van der Waals surface area contributed by atoms with Crippen molar-refractivity contribution >= 4 is 39.7 Å². The first-order valence-corrected chi connectivity index (χ1v) is 6.82. The number of hydrogen-bond donors (Lipinski definition) is 2. The summed E-state index contributed by atoms with van der Waals surface area (Å²) < 4.78 is 38.7. The van der Waals surface area contributed by atoms with E-state index in [1.165, 1.54) is 6.07 Å². The van der Waals surface area contributed by atoms with Gasteiger partial charge in [0.1, 0.15) is 6.07 Å². The largest absolute Gasteiger partial charge is 0.416 e. The van der Waals surface area contributed by atoms with E-state index in [4.69, 9.17) is 11.0 Å². The molecule has 108 valence electrons. The number of anilines is 3. The molecule has 0 aliphatic carbocycles. The number of halogens is 4. The molecule has 0 radical (unpaired) electrons. The average Bonchev–Trinajstić information content (AvgIpc) is 2.41. The lowest BCUT2D eigenvalue weighted by atomic mass is 10.1. The second kappa shape index (κ2) is 5.81. The maximum atomic E-state index is 12.6. The van der Waals surface area contributed by atoms with Crippen molar-refractivity contribution in [3.8, 4) is 6.07 Å². The Kier molecular flexibility index (Phi) is 4.27. The maximum Gasteiger partial charge on any atom is 0.416 e. The molecule has 0 atom stereocenters. The minimum atomic E-state index is -4.47. The molecule has 0 saturated carbocycles. The van der Waals surface area contributed by atoms with Crippen LogP contribution in [0.1, 0.15) is 11.1 Å². The molecule has 0 heterocycles. The van der Waals surface area contributed by atoms with Gasteiger partial charge in [-0.05, 0) is 59.0 Å². The van der Waals surface area contributed by atoms with Crippen LogP contribution in [0.2, 0.25) is 0 Å². The van der Waals surface area contributed by atoms with Gasteiger partial charge in [-0.25, -0.2) is 0 Å². The predicted octanol–water partition coefficient (Wildman–Crippen LogP) is 4.51. The summed E-state index contributed by atoms with van der Waals surface area (Å²) in [6, 6.07) is 9.87. The van der Waals surface area contributed by atoms with Gasteiger partial charge in [-0.1, -0.05) is 0 Å². The van der Waals surface area contributed by atoms with Crippen molar-refractivity contribution in [1.82, 2.24) is 0 Å². The van der Waals surface area contributed by atoms with Crippen molar-refractivity contribution in [1.29, 1.82) is 5.26 Å². The molecule has 3 nitrogen and oxygen atoms in total. The lowest BCUT2D eigenvalue weighted by Crippen LogP contribution is -2.06. The van der Waals surface area contributed by atoms with Crippen LogP contribution in [0, 0.1) is 14.9 Å². The van der Waals surface area contributed by atoms with Gasteiger partial charge in [0.05, 0.1) is 22.5 Å². The summed E-state index contributed by atoms with van der Waals surface area (Å²) in [5.74, 6) is 0. The highest BCUT2D eigenvalue weighted by molar-refractivity contribution is 14.1. The van der Waals surface area contributed by atoms with E-state index < -0.39 is 11.7 Å². The molecule has 0 amide bonds. The lowest BCUT2D eigenvalue weighted by Gasteiger charge is -2.13. The van der Waals surface area contributed by atoms with Crippen LogP contribution >= 0.6 is 22.6 Å². The van der Waals surface area contributed by atoms with Gasteiger partial charge in [-0.15, -0.1) is 0 Å². The molecule has 0 aliphatic heterocycles. The van der Waals surface area contributed by atoms with Crippen LogP contribution in [0.5, 0.6) is 0 Å². The van der Waals surface area contributed by atoms with Crippen molar-refractivity contribution in [2.75, 3.05) is 11.1 Å². The minimum absolute atomic E-state index is 0.0718. The normalized spacial score (nSPS) is 11.0. The maximum absolute atomic E-state index is 12.6. The van der Waals surface area contributed by atoms with Gasteiger partial charge in [0, 0.05) is 9.26 Å². The first-order valence-electron chi connectivity index (χ1n) is 5.74. The molecule has 0 aromatic heterocycles. The Balaban J connectivity index is 2.39. The van der Waals surface area contributed by atoms with Crippen molar-refractivity contribution in [3.63, 3.8) is 0 Å². The van der Waals surface area contributed by atoms with Gasteiger partial charge in [-0.3, -0.25) is 0 Å². The van der Waals surface area contributed by atoms with Crippen LogP contribution in [-0.4, -0.2) is 0 Å². The minimum Gasteiger partial charge on any atom is -0.399 e. The van der Waals surface area contributed by atoms with Gasteiger partial charge in [0.2, 0.25) is 0 Å². The number of rotatable bonds is 2. The smallest absolute Gasteiger partial charge is 0.399 e. The van der Waals surface area contributed by atoms with E-state index in [2.05, 4.69) is 27.9 Å². The van der Waals surface area contributed by atoms with Gasteiger partial charge in [0.25, 0.3) is 0 Å². The fourth-order valence-electron chi connectivity index (χ4n) is 1.70. The Bertz CT molecular complexity index is 720. The Hall–Kier alpha value is -1.95. The molecule has 0 saturated heterocycles. The molecule has 2 aromatic carbocycles. The number of nitriles is 1.